The molecular weight excluding hydrogens is 292 g/mol. The van der Waals surface area contributed by atoms with Gasteiger partial charge in [-0.05, 0) is 38.4 Å². The Balaban J connectivity index is 1.54. The lowest BCUT2D eigenvalue weighted by Gasteiger charge is -2.43. The van der Waals surface area contributed by atoms with Crippen molar-refractivity contribution in [3.8, 4) is 0 Å². The van der Waals surface area contributed by atoms with Crippen LogP contribution in [0, 0.1) is 0 Å². The van der Waals surface area contributed by atoms with E-state index < -0.39 is 5.97 Å². The zero-order chi connectivity index (χ0) is 16.4. The van der Waals surface area contributed by atoms with E-state index in [9.17, 15) is 4.79 Å². The van der Waals surface area contributed by atoms with Crippen molar-refractivity contribution in [1.82, 2.24) is 10.2 Å². The lowest BCUT2D eigenvalue weighted by molar-refractivity contribution is -0.139. The number of hydrogen-bond acceptors (Lipinski definition) is 4. The lowest BCUT2D eigenvalue weighted by Crippen LogP contribution is -2.54. The molecule has 1 saturated carbocycles. The summed E-state index contributed by atoms with van der Waals surface area (Å²) < 4.78 is 5.90. The van der Waals surface area contributed by atoms with Crippen LogP contribution in [-0.4, -0.2) is 41.1 Å². The average Bonchev–Trinajstić information content (AvgIpc) is 2.92. The van der Waals surface area contributed by atoms with Crippen LogP contribution in [0.25, 0.3) is 11.0 Å². The number of nitrogens with one attached hydrogen (secondary N) is 1. The Morgan fingerprint density at radius 3 is 2.83 bits per heavy atom. The largest absolute Gasteiger partial charge is 0.480 e. The third kappa shape index (κ3) is 3.57. The maximum absolute atomic E-state index is 10.9. The molecule has 5 heteroatoms. The van der Waals surface area contributed by atoms with E-state index in [0.717, 1.165) is 36.1 Å². The highest BCUT2D eigenvalue weighted by Gasteiger charge is 2.34. The summed E-state index contributed by atoms with van der Waals surface area (Å²) in [5, 5.41) is 13.7. The number of nitrogens with zero attached hydrogens (tertiary/aromatic N) is 1. The summed E-state index contributed by atoms with van der Waals surface area (Å²) in [5.74, 6) is 0.200. The summed E-state index contributed by atoms with van der Waals surface area (Å²) >= 11 is 0. The number of furan rings is 1. The molecule has 0 radical (unpaired) electrons. The van der Waals surface area contributed by atoms with E-state index in [1.807, 2.05) is 30.0 Å². The fraction of sp³-hybridized carbons (Fsp3) is 0.500. The molecule has 0 saturated heterocycles. The number of carbonyl (C=O) groups is 1. The topological polar surface area (TPSA) is 65.7 Å². The number of benzene rings is 1. The average molecular weight is 316 g/mol. The van der Waals surface area contributed by atoms with Gasteiger partial charge >= 0.3 is 5.97 Å². The molecule has 0 bridgehead atoms. The van der Waals surface area contributed by atoms with Gasteiger partial charge in [-0.1, -0.05) is 25.1 Å². The van der Waals surface area contributed by atoms with E-state index in [4.69, 9.17) is 9.52 Å². The van der Waals surface area contributed by atoms with Gasteiger partial charge in [0, 0.05) is 17.5 Å². The highest BCUT2D eigenvalue weighted by atomic mass is 16.4. The van der Waals surface area contributed by atoms with Crippen LogP contribution in [0.4, 0.5) is 0 Å². The molecule has 1 fully saturated rings. The van der Waals surface area contributed by atoms with Gasteiger partial charge in [-0.15, -0.1) is 0 Å². The molecule has 0 spiro atoms. The quantitative estimate of drug-likeness (QED) is 0.822. The smallest absolute Gasteiger partial charge is 0.317 e. The second-order valence-corrected chi connectivity index (χ2v) is 6.35. The van der Waals surface area contributed by atoms with Crippen molar-refractivity contribution in [1.29, 1.82) is 0 Å². The Morgan fingerprint density at radius 2 is 2.17 bits per heavy atom. The molecule has 1 unspecified atom stereocenters. The first-order chi connectivity index (χ1) is 11.1. The predicted octanol–water partition coefficient (Wildman–Crippen LogP) is 3.02. The van der Waals surface area contributed by atoms with Crippen LogP contribution in [0.2, 0.25) is 0 Å². The monoisotopic (exact) mass is 316 g/mol. The predicted molar refractivity (Wildman–Crippen MR) is 89.5 cm³/mol. The molecule has 1 aromatic carbocycles. The number of likely N-dealkylation sites (N-methyl/N-ethyl adjacent to an activating group) is 1. The maximum atomic E-state index is 10.9. The highest BCUT2D eigenvalue weighted by molar-refractivity contribution is 5.77. The number of aliphatic carboxylic acids is 1. The Hall–Kier alpha value is -1.85. The van der Waals surface area contributed by atoms with Gasteiger partial charge in [0.05, 0.1) is 12.6 Å². The van der Waals surface area contributed by atoms with Crippen LogP contribution in [0.3, 0.4) is 0 Å². The Labute approximate surface area is 136 Å². The second-order valence-electron chi connectivity index (χ2n) is 6.35. The van der Waals surface area contributed by atoms with Crippen molar-refractivity contribution in [2.24, 2.45) is 0 Å². The summed E-state index contributed by atoms with van der Waals surface area (Å²) in [7, 11) is 0. The summed E-state index contributed by atoms with van der Waals surface area (Å²) in [6.45, 7) is 5.04. The SMILES string of the molecule is CCN(CC(=O)O)C1CC(NC(C)c2cc3ccccc3o2)C1. The minimum absolute atomic E-state index is 0.132. The molecule has 2 aromatic rings. The molecule has 0 aliphatic heterocycles. The van der Waals surface area contributed by atoms with Crippen LogP contribution < -0.4 is 5.32 Å². The molecule has 5 nitrogen and oxygen atoms in total. The number of carboxylic acid groups (broad SMARTS) is 1. The van der Waals surface area contributed by atoms with Crippen molar-refractivity contribution in [2.45, 2.75) is 44.8 Å². The molecule has 1 aliphatic carbocycles. The van der Waals surface area contributed by atoms with Crippen molar-refractivity contribution >= 4 is 16.9 Å². The summed E-state index contributed by atoms with van der Waals surface area (Å²) in [4.78, 5) is 12.9. The second kappa shape index (κ2) is 6.72. The molecule has 23 heavy (non-hydrogen) atoms. The molecule has 0 amide bonds. The molecule has 1 aromatic heterocycles. The zero-order valence-corrected chi connectivity index (χ0v) is 13.7. The maximum Gasteiger partial charge on any atom is 0.317 e. The van der Waals surface area contributed by atoms with Crippen LogP contribution in [0.5, 0.6) is 0 Å². The Kier molecular flexibility index (Phi) is 4.68. The lowest BCUT2D eigenvalue weighted by atomic mass is 9.84. The van der Waals surface area contributed by atoms with E-state index in [-0.39, 0.29) is 12.6 Å². The first-order valence-electron chi connectivity index (χ1n) is 8.27. The van der Waals surface area contributed by atoms with Gasteiger partial charge in [0.2, 0.25) is 0 Å². The normalized spacial score (nSPS) is 22.2. The Morgan fingerprint density at radius 1 is 1.43 bits per heavy atom. The third-order valence-electron chi connectivity index (χ3n) is 4.73. The van der Waals surface area contributed by atoms with E-state index in [2.05, 4.69) is 24.4 Å². The Bertz CT molecular complexity index is 643. The molecule has 1 atom stereocenters. The summed E-state index contributed by atoms with van der Waals surface area (Å²) in [6.07, 6.45) is 1.98. The minimum Gasteiger partial charge on any atom is -0.480 e. The van der Waals surface area contributed by atoms with Gasteiger partial charge in [0.1, 0.15) is 11.3 Å². The van der Waals surface area contributed by atoms with Gasteiger partial charge < -0.3 is 14.8 Å². The molecule has 124 valence electrons. The van der Waals surface area contributed by atoms with Gasteiger partial charge in [-0.25, -0.2) is 0 Å². The van der Waals surface area contributed by atoms with Gasteiger partial charge in [0.25, 0.3) is 0 Å². The van der Waals surface area contributed by atoms with E-state index >= 15 is 0 Å². The van der Waals surface area contributed by atoms with Crippen LogP contribution in [-0.2, 0) is 4.79 Å². The molecular formula is C18H24N2O3. The van der Waals surface area contributed by atoms with E-state index in [1.165, 1.54) is 0 Å². The fourth-order valence-corrected chi connectivity index (χ4v) is 3.35. The number of carboxylic acids is 1. The third-order valence-corrected chi connectivity index (χ3v) is 4.73. The minimum atomic E-state index is -0.751. The van der Waals surface area contributed by atoms with Crippen molar-refractivity contribution in [2.75, 3.05) is 13.1 Å². The fourth-order valence-electron chi connectivity index (χ4n) is 3.35. The number of hydrogen-bond donors (Lipinski definition) is 2. The van der Waals surface area contributed by atoms with Crippen LogP contribution >= 0.6 is 0 Å². The number of fused-ring (bicyclic) bond motifs is 1. The molecule has 2 N–H and O–H groups in total. The van der Waals surface area contributed by atoms with Crippen molar-refractivity contribution < 1.29 is 14.3 Å². The highest BCUT2D eigenvalue weighted by Crippen LogP contribution is 2.29. The molecule has 1 aliphatic rings. The van der Waals surface area contributed by atoms with Gasteiger partial charge in [-0.3, -0.25) is 9.69 Å². The summed E-state index contributed by atoms with van der Waals surface area (Å²) in [6, 6.07) is 11.1. The van der Waals surface area contributed by atoms with Crippen LogP contribution in [0.1, 0.15) is 38.5 Å². The van der Waals surface area contributed by atoms with E-state index in [0.29, 0.717) is 12.1 Å². The van der Waals surface area contributed by atoms with Gasteiger partial charge in [-0.2, -0.15) is 0 Å². The zero-order valence-electron chi connectivity index (χ0n) is 13.7. The number of para-hydroxylation sites is 1. The molecule has 3 rings (SSSR count). The standard InChI is InChI=1S/C18H24N2O3/c1-3-20(11-18(21)22)15-9-14(10-15)19-12(2)17-8-13-6-4-5-7-16(13)23-17/h4-8,12,14-15,19H,3,9-11H2,1-2H3,(H,21,22). The number of rotatable bonds is 7. The van der Waals surface area contributed by atoms with E-state index in [1.54, 1.807) is 0 Å². The first kappa shape index (κ1) is 16.0. The van der Waals surface area contributed by atoms with Crippen molar-refractivity contribution in [3.05, 3.63) is 36.1 Å². The van der Waals surface area contributed by atoms with Crippen LogP contribution in [0.15, 0.2) is 34.7 Å². The molecule has 1 heterocycles. The van der Waals surface area contributed by atoms with Crippen molar-refractivity contribution in [3.63, 3.8) is 0 Å². The summed E-state index contributed by atoms with van der Waals surface area (Å²) in [5.41, 5.74) is 0.918. The van der Waals surface area contributed by atoms with Gasteiger partial charge in [0.15, 0.2) is 0 Å². The first-order valence-corrected chi connectivity index (χ1v) is 8.27.